The molecule has 1 aromatic heterocycles. The van der Waals surface area contributed by atoms with Crippen LogP contribution >= 0.6 is 11.3 Å². The van der Waals surface area contributed by atoms with E-state index in [1.807, 2.05) is 29.6 Å². The third-order valence-electron chi connectivity index (χ3n) is 3.45. The summed E-state index contributed by atoms with van der Waals surface area (Å²) in [6.45, 7) is 0.426. The van der Waals surface area contributed by atoms with Gasteiger partial charge in [0.2, 0.25) is 0 Å². The predicted molar refractivity (Wildman–Crippen MR) is 80.2 cm³/mol. The van der Waals surface area contributed by atoms with Crippen LogP contribution in [0.4, 0.5) is 5.13 Å². The molecule has 0 atom stereocenters. The van der Waals surface area contributed by atoms with Gasteiger partial charge in [0, 0.05) is 24.0 Å². The van der Waals surface area contributed by atoms with Gasteiger partial charge >= 0.3 is 0 Å². The maximum Gasteiger partial charge on any atom is 0.185 e. The van der Waals surface area contributed by atoms with Crippen molar-refractivity contribution in [1.29, 1.82) is 0 Å². The van der Waals surface area contributed by atoms with Crippen molar-refractivity contribution in [2.24, 2.45) is 0 Å². The van der Waals surface area contributed by atoms with Crippen LogP contribution in [0, 0.1) is 0 Å². The van der Waals surface area contributed by atoms with Gasteiger partial charge in [0.1, 0.15) is 12.4 Å². The maximum absolute atomic E-state index is 9.26. The van der Waals surface area contributed by atoms with Gasteiger partial charge in [0.05, 0.1) is 12.3 Å². The van der Waals surface area contributed by atoms with Crippen LogP contribution in [0.3, 0.4) is 0 Å². The Morgan fingerprint density at radius 1 is 1.40 bits per heavy atom. The molecule has 0 saturated heterocycles. The van der Waals surface area contributed by atoms with Gasteiger partial charge in [-0.05, 0) is 18.9 Å². The van der Waals surface area contributed by atoms with Gasteiger partial charge < -0.3 is 14.7 Å². The second-order valence-electron chi connectivity index (χ2n) is 5.02. The van der Waals surface area contributed by atoms with E-state index in [0.29, 0.717) is 12.6 Å². The molecule has 5 heteroatoms. The molecule has 1 saturated carbocycles. The first-order valence-electron chi connectivity index (χ1n) is 6.76. The Kier molecular flexibility index (Phi) is 3.89. The zero-order chi connectivity index (χ0) is 13.9. The molecule has 1 N–H and O–H groups in total. The molecule has 0 spiro atoms. The van der Waals surface area contributed by atoms with E-state index in [1.54, 1.807) is 11.3 Å². The Hall–Kier alpha value is -1.59. The zero-order valence-electron chi connectivity index (χ0n) is 11.5. The highest BCUT2D eigenvalue weighted by Gasteiger charge is 2.27. The molecule has 0 aliphatic heterocycles. The highest BCUT2D eigenvalue weighted by atomic mass is 32.1. The summed E-state index contributed by atoms with van der Waals surface area (Å²) in [5.41, 5.74) is 1.74. The number of ether oxygens (including phenoxy) is 1. The Labute approximate surface area is 122 Å². The fraction of sp³-hybridized carbons (Fsp3) is 0.400. The number of para-hydroxylation sites is 1. The van der Waals surface area contributed by atoms with Gasteiger partial charge in [-0.15, -0.1) is 11.3 Å². The summed E-state index contributed by atoms with van der Waals surface area (Å²) in [7, 11) is 2.10. The lowest BCUT2D eigenvalue weighted by atomic mass is 10.2. The average Bonchev–Trinajstić information content (AvgIpc) is 3.23. The second kappa shape index (κ2) is 5.81. The van der Waals surface area contributed by atoms with E-state index in [2.05, 4.69) is 16.9 Å². The minimum absolute atomic E-state index is 0.0110. The van der Waals surface area contributed by atoms with Crippen LogP contribution in [0.5, 0.6) is 5.75 Å². The number of aliphatic hydroxyl groups is 1. The van der Waals surface area contributed by atoms with Crippen molar-refractivity contribution in [2.45, 2.75) is 32.1 Å². The smallest absolute Gasteiger partial charge is 0.185 e. The van der Waals surface area contributed by atoms with Crippen molar-refractivity contribution in [1.82, 2.24) is 4.98 Å². The number of nitrogens with zero attached hydrogens (tertiary/aromatic N) is 2. The molecule has 0 radical (unpaired) electrons. The summed E-state index contributed by atoms with van der Waals surface area (Å²) >= 11 is 1.66. The second-order valence-corrected chi connectivity index (χ2v) is 5.85. The molecule has 0 unspecified atom stereocenters. The van der Waals surface area contributed by atoms with Crippen LogP contribution in [0.15, 0.2) is 29.6 Å². The monoisotopic (exact) mass is 290 g/mol. The van der Waals surface area contributed by atoms with Crippen molar-refractivity contribution in [3.8, 4) is 5.75 Å². The molecule has 1 fully saturated rings. The number of rotatable bonds is 6. The van der Waals surface area contributed by atoms with Gasteiger partial charge in [-0.2, -0.15) is 0 Å². The predicted octanol–water partition coefficient (Wildman–Crippen LogP) is 2.81. The van der Waals surface area contributed by atoms with E-state index >= 15 is 0 Å². The lowest BCUT2D eigenvalue weighted by Gasteiger charge is -2.13. The van der Waals surface area contributed by atoms with Crippen molar-refractivity contribution in [2.75, 3.05) is 11.9 Å². The quantitative estimate of drug-likeness (QED) is 0.888. The van der Waals surface area contributed by atoms with Crippen LogP contribution in [-0.4, -0.2) is 23.2 Å². The minimum atomic E-state index is -0.0110. The Bertz CT molecular complexity index is 581. The highest BCUT2D eigenvalue weighted by Crippen LogP contribution is 2.32. The lowest BCUT2D eigenvalue weighted by molar-refractivity contribution is 0.258. The molecular formula is C15H18N2O2S. The number of thiazole rings is 1. The number of anilines is 1. The van der Waals surface area contributed by atoms with E-state index in [0.717, 1.165) is 22.1 Å². The lowest BCUT2D eigenvalue weighted by Crippen LogP contribution is -2.19. The summed E-state index contributed by atoms with van der Waals surface area (Å²) in [6, 6.07) is 8.20. The number of aliphatic hydroxyl groups excluding tert-OH is 1. The molecule has 4 nitrogen and oxygen atoms in total. The van der Waals surface area contributed by atoms with E-state index in [4.69, 9.17) is 4.74 Å². The third-order valence-corrected chi connectivity index (χ3v) is 4.43. The van der Waals surface area contributed by atoms with E-state index in [-0.39, 0.29) is 6.61 Å². The summed E-state index contributed by atoms with van der Waals surface area (Å²) < 4.78 is 5.75. The molecule has 106 valence electrons. The average molecular weight is 290 g/mol. The minimum Gasteiger partial charge on any atom is -0.487 e. The van der Waals surface area contributed by atoms with Crippen molar-refractivity contribution in [3.05, 3.63) is 40.9 Å². The molecule has 0 bridgehead atoms. The molecule has 20 heavy (non-hydrogen) atoms. The summed E-state index contributed by atoms with van der Waals surface area (Å²) in [5.74, 6) is 0.722. The SMILES string of the molecule is CN(c1nc(COc2ccccc2CO)cs1)C1CC1. The molecule has 1 aromatic carbocycles. The van der Waals surface area contributed by atoms with Crippen LogP contribution in [-0.2, 0) is 13.2 Å². The molecule has 1 heterocycles. The first-order valence-corrected chi connectivity index (χ1v) is 7.64. The Morgan fingerprint density at radius 2 is 2.20 bits per heavy atom. The molecule has 3 rings (SSSR count). The largest absolute Gasteiger partial charge is 0.487 e. The zero-order valence-corrected chi connectivity index (χ0v) is 12.3. The normalized spacial score (nSPS) is 14.3. The van der Waals surface area contributed by atoms with Crippen LogP contribution in [0.2, 0.25) is 0 Å². The van der Waals surface area contributed by atoms with Gasteiger partial charge in [-0.1, -0.05) is 18.2 Å². The highest BCUT2D eigenvalue weighted by molar-refractivity contribution is 7.13. The Morgan fingerprint density at radius 3 is 2.95 bits per heavy atom. The fourth-order valence-electron chi connectivity index (χ4n) is 2.07. The summed E-state index contributed by atoms with van der Waals surface area (Å²) in [4.78, 5) is 6.84. The number of aromatic nitrogens is 1. The topological polar surface area (TPSA) is 45.6 Å². The van der Waals surface area contributed by atoms with Crippen LogP contribution in [0.25, 0.3) is 0 Å². The molecule has 2 aromatic rings. The summed E-state index contributed by atoms with van der Waals surface area (Å²) in [5, 5.41) is 12.4. The molecule has 0 amide bonds. The van der Waals surface area contributed by atoms with Crippen LogP contribution in [0.1, 0.15) is 24.1 Å². The van der Waals surface area contributed by atoms with E-state index in [1.165, 1.54) is 12.8 Å². The number of hydrogen-bond acceptors (Lipinski definition) is 5. The first kappa shape index (κ1) is 13.4. The fourth-order valence-corrected chi connectivity index (χ4v) is 2.92. The maximum atomic E-state index is 9.26. The molecular weight excluding hydrogens is 272 g/mol. The van der Waals surface area contributed by atoms with Crippen LogP contribution < -0.4 is 9.64 Å². The molecule has 1 aliphatic carbocycles. The van der Waals surface area contributed by atoms with Crippen molar-refractivity contribution < 1.29 is 9.84 Å². The van der Waals surface area contributed by atoms with Gasteiger partial charge in [-0.25, -0.2) is 4.98 Å². The third kappa shape index (κ3) is 2.94. The summed E-state index contributed by atoms with van der Waals surface area (Å²) in [6.07, 6.45) is 2.54. The molecule has 1 aliphatic rings. The number of benzene rings is 1. The van der Waals surface area contributed by atoms with Crippen molar-refractivity contribution in [3.63, 3.8) is 0 Å². The van der Waals surface area contributed by atoms with Gasteiger partial charge in [0.15, 0.2) is 5.13 Å². The Balaban J connectivity index is 1.63. The van der Waals surface area contributed by atoms with E-state index < -0.39 is 0 Å². The van der Waals surface area contributed by atoms with Gasteiger partial charge in [-0.3, -0.25) is 0 Å². The van der Waals surface area contributed by atoms with E-state index in [9.17, 15) is 5.11 Å². The first-order chi connectivity index (χ1) is 9.78. The standard InChI is InChI=1S/C15H18N2O2S/c1-17(13-6-7-13)15-16-12(10-20-15)9-19-14-5-3-2-4-11(14)8-18/h2-5,10,13,18H,6-9H2,1H3. The van der Waals surface area contributed by atoms with Gasteiger partial charge in [0.25, 0.3) is 0 Å². The van der Waals surface area contributed by atoms with Crippen molar-refractivity contribution >= 4 is 16.5 Å². The number of hydrogen-bond donors (Lipinski definition) is 1.